The van der Waals surface area contributed by atoms with Crippen molar-refractivity contribution in [2.45, 2.75) is 24.0 Å². The Balaban J connectivity index is 1.67. The number of nitrogens with one attached hydrogen (secondary N) is 2. The third-order valence-corrected chi connectivity index (χ3v) is 6.20. The fourth-order valence-electron chi connectivity index (χ4n) is 3.18. The minimum absolute atomic E-state index is 0.0934. The molecule has 0 aliphatic rings. The van der Waals surface area contributed by atoms with Crippen LogP contribution in [0.5, 0.6) is 11.5 Å². The lowest BCUT2D eigenvalue weighted by Crippen LogP contribution is -2.22. The standard InChI is InChI=1S/C25H25N3O6S/c1-15-8-10-19(28(31)32)14-21(15)27-24(29)16(2)35-20-7-5-6-18(13-20)26-25(30)17-9-11-22(33-3)23(12-17)34-4/h5-14,16H,1-4H3,(H,26,30)(H,27,29). The molecule has 0 spiro atoms. The highest BCUT2D eigenvalue weighted by Crippen LogP contribution is 2.30. The summed E-state index contributed by atoms with van der Waals surface area (Å²) in [6.07, 6.45) is 0. The van der Waals surface area contributed by atoms with Gasteiger partial charge in [0, 0.05) is 28.3 Å². The van der Waals surface area contributed by atoms with E-state index >= 15 is 0 Å². The maximum absolute atomic E-state index is 12.7. The van der Waals surface area contributed by atoms with Crippen LogP contribution in [-0.2, 0) is 4.79 Å². The van der Waals surface area contributed by atoms with E-state index in [0.29, 0.717) is 28.4 Å². The average Bonchev–Trinajstić information content (AvgIpc) is 2.84. The zero-order chi connectivity index (χ0) is 25.5. The lowest BCUT2D eigenvalue weighted by molar-refractivity contribution is -0.384. The van der Waals surface area contributed by atoms with Crippen LogP contribution in [0.2, 0.25) is 0 Å². The molecule has 10 heteroatoms. The Bertz CT molecular complexity index is 1260. The van der Waals surface area contributed by atoms with Gasteiger partial charge in [-0.3, -0.25) is 19.7 Å². The van der Waals surface area contributed by atoms with E-state index in [9.17, 15) is 19.7 Å². The lowest BCUT2D eigenvalue weighted by Gasteiger charge is -2.14. The number of nitro groups is 1. The Labute approximate surface area is 207 Å². The first kappa shape index (κ1) is 25.6. The third kappa shape index (κ3) is 6.51. The molecule has 0 aromatic heterocycles. The summed E-state index contributed by atoms with van der Waals surface area (Å²) < 4.78 is 10.5. The Morgan fingerprint density at radius 1 is 0.971 bits per heavy atom. The number of hydrogen-bond donors (Lipinski definition) is 2. The molecule has 0 aliphatic heterocycles. The largest absolute Gasteiger partial charge is 0.493 e. The van der Waals surface area contributed by atoms with Crippen molar-refractivity contribution >= 4 is 40.6 Å². The maximum Gasteiger partial charge on any atom is 0.271 e. The number of carbonyl (C=O) groups excluding carboxylic acids is 2. The molecule has 1 unspecified atom stereocenters. The molecule has 0 bridgehead atoms. The number of amides is 2. The van der Waals surface area contributed by atoms with E-state index in [2.05, 4.69) is 10.6 Å². The van der Waals surface area contributed by atoms with Crippen molar-refractivity contribution in [1.29, 1.82) is 0 Å². The average molecular weight is 496 g/mol. The van der Waals surface area contributed by atoms with Gasteiger partial charge in [-0.05, 0) is 55.8 Å². The maximum atomic E-state index is 12.7. The van der Waals surface area contributed by atoms with Crippen LogP contribution in [-0.4, -0.2) is 36.2 Å². The van der Waals surface area contributed by atoms with Gasteiger partial charge in [0.25, 0.3) is 11.6 Å². The first-order valence-electron chi connectivity index (χ1n) is 10.6. The number of non-ortho nitro benzene ring substituents is 1. The van der Waals surface area contributed by atoms with E-state index in [1.807, 2.05) is 6.07 Å². The summed E-state index contributed by atoms with van der Waals surface area (Å²) in [7, 11) is 3.02. The van der Waals surface area contributed by atoms with Crippen LogP contribution in [0.4, 0.5) is 17.1 Å². The van der Waals surface area contributed by atoms with Gasteiger partial charge in [-0.25, -0.2) is 0 Å². The minimum Gasteiger partial charge on any atom is -0.493 e. The van der Waals surface area contributed by atoms with Gasteiger partial charge in [0.2, 0.25) is 5.91 Å². The summed E-state index contributed by atoms with van der Waals surface area (Å²) >= 11 is 1.30. The van der Waals surface area contributed by atoms with E-state index in [4.69, 9.17) is 9.47 Å². The van der Waals surface area contributed by atoms with Gasteiger partial charge in [0.05, 0.1) is 30.1 Å². The molecule has 0 saturated heterocycles. The van der Waals surface area contributed by atoms with E-state index in [0.717, 1.165) is 10.5 Å². The Hall–Kier alpha value is -4.05. The van der Waals surface area contributed by atoms with Gasteiger partial charge >= 0.3 is 0 Å². The van der Waals surface area contributed by atoms with Crippen molar-refractivity contribution < 1.29 is 24.0 Å². The third-order valence-electron chi connectivity index (χ3n) is 5.11. The van der Waals surface area contributed by atoms with Gasteiger partial charge < -0.3 is 20.1 Å². The first-order chi connectivity index (χ1) is 16.7. The molecule has 0 radical (unpaired) electrons. The molecular weight excluding hydrogens is 470 g/mol. The highest BCUT2D eigenvalue weighted by Gasteiger charge is 2.18. The summed E-state index contributed by atoms with van der Waals surface area (Å²) in [5.74, 6) is 0.358. The quantitative estimate of drug-likeness (QED) is 0.235. The Morgan fingerprint density at radius 2 is 1.71 bits per heavy atom. The van der Waals surface area contributed by atoms with Crippen molar-refractivity contribution in [2.75, 3.05) is 24.9 Å². The molecule has 182 valence electrons. The monoisotopic (exact) mass is 495 g/mol. The summed E-state index contributed by atoms with van der Waals surface area (Å²) in [5, 5.41) is 16.1. The summed E-state index contributed by atoms with van der Waals surface area (Å²) in [6, 6.07) is 16.3. The number of ether oxygens (including phenoxy) is 2. The van der Waals surface area contributed by atoms with E-state index in [1.165, 1.54) is 38.1 Å². The lowest BCUT2D eigenvalue weighted by atomic mass is 10.2. The molecule has 3 rings (SSSR count). The normalized spacial score (nSPS) is 11.3. The number of anilines is 2. The van der Waals surface area contributed by atoms with Crippen LogP contribution in [0.25, 0.3) is 0 Å². The van der Waals surface area contributed by atoms with E-state index < -0.39 is 10.2 Å². The molecule has 0 saturated carbocycles. The smallest absolute Gasteiger partial charge is 0.271 e. The SMILES string of the molecule is COc1ccc(C(=O)Nc2cccc(SC(C)C(=O)Nc3cc([N+](=O)[O-])ccc3C)c2)cc1OC. The number of carbonyl (C=O) groups is 2. The number of rotatable bonds is 9. The molecule has 35 heavy (non-hydrogen) atoms. The van der Waals surface area contributed by atoms with Crippen LogP contribution in [0.3, 0.4) is 0 Å². The number of nitrogens with zero attached hydrogens (tertiary/aromatic N) is 1. The van der Waals surface area contributed by atoms with Crippen LogP contribution in [0.15, 0.2) is 65.6 Å². The van der Waals surface area contributed by atoms with Crippen LogP contribution < -0.4 is 20.1 Å². The second kappa shape index (κ2) is 11.4. The molecule has 2 N–H and O–H groups in total. The second-order valence-electron chi connectivity index (χ2n) is 7.56. The molecule has 3 aromatic carbocycles. The Kier molecular flexibility index (Phi) is 8.32. The number of thioether (sulfide) groups is 1. The predicted octanol–water partition coefficient (Wildman–Crippen LogP) is 5.29. The molecule has 1 atom stereocenters. The molecule has 0 fully saturated rings. The zero-order valence-electron chi connectivity index (χ0n) is 19.7. The topological polar surface area (TPSA) is 120 Å². The number of aryl methyl sites for hydroxylation is 1. The van der Waals surface area contributed by atoms with Gasteiger partial charge in [-0.2, -0.15) is 0 Å². The zero-order valence-corrected chi connectivity index (χ0v) is 20.5. The molecule has 0 aliphatic carbocycles. The van der Waals surface area contributed by atoms with Crippen molar-refractivity contribution in [2.24, 2.45) is 0 Å². The van der Waals surface area contributed by atoms with Gasteiger partial charge in [0.1, 0.15) is 0 Å². The van der Waals surface area contributed by atoms with Crippen LogP contribution >= 0.6 is 11.8 Å². The fourth-order valence-corrected chi connectivity index (χ4v) is 4.10. The molecule has 3 aromatic rings. The van der Waals surface area contributed by atoms with Crippen molar-refractivity contribution in [3.8, 4) is 11.5 Å². The summed E-state index contributed by atoms with van der Waals surface area (Å²) in [6.45, 7) is 3.50. The fraction of sp³-hybridized carbons (Fsp3) is 0.200. The van der Waals surface area contributed by atoms with Crippen LogP contribution in [0, 0.1) is 17.0 Å². The van der Waals surface area contributed by atoms with E-state index in [-0.39, 0.29) is 17.5 Å². The van der Waals surface area contributed by atoms with Crippen molar-refractivity contribution in [3.63, 3.8) is 0 Å². The second-order valence-corrected chi connectivity index (χ2v) is 8.97. The van der Waals surface area contributed by atoms with Crippen LogP contribution in [0.1, 0.15) is 22.8 Å². The van der Waals surface area contributed by atoms with Gasteiger partial charge in [-0.1, -0.05) is 12.1 Å². The predicted molar refractivity (Wildman–Crippen MR) is 136 cm³/mol. The van der Waals surface area contributed by atoms with Crippen molar-refractivity contribution in [1.82, 2.24) is 0 Å². The number of hydrogen-bond acceptors (Lipinski definition) is 7. The number of benzene rings is 3. The van der Waals surface area contributed by atoms with Crippen molar-refractivity contribution in [3.05, 3.63) is 81.9 Å². The van der Waals surface area contributed by atoms with Gasteiger partial charge in [0.15, 0.2) is 11.5 Å². The minimum atomic E-state index is -0.505. The van der Waals surface area contributed by atoms with Gasteiger partial charge in [-0.15, -0.1) is 11.8 Å². The number of methoxy groups -OCH3 is 2. The summed E-state index contributed by atoms with van der Waals surface area (Å²) in [4.78, 5) is 36.7. The highest BCUT2D eigenvalue weighted by molar-refractivity contribution is 8.00. The molecule has 9 nitrogen and oxygen atoms in total. The molecule has 2 amide bonds. The van der Waals surface area contributed by atoms with E-state index in [1.54, 1.807) is 56.3 Å². The summed E-state index contributed by atoms with van der Waals surface area (Å²) in [5.41, 5.74) is 2.00. The first-order valence-corrected chi connectivity index (χ1v) is 11.5. The number of nitro benzene ring substituents is 1. The Morgan fingerprint density at radius 3 is 2.40 bits per heavy atom. The molecular formula is C25H25N3O6S. The molecule has 0 heterocycles. The highest BCUT2D eigenvalue weighted by atomic mass is 32.2.